The van der Waals surface area contributed by atoms with Crippen LogP contribution in [0.25, 0.3) is 11.4 Å². The molecular weight excluding hydrogens is 431 g/mol. The van der Waals surface area contributed by atoms with Gasteiger partial charge in [-0.1, -0.05) is 29.4 Å². The van der Waals surface area contributed by atoms with Gasteiger partial charge in [-0.25, -0.2) is 0 Å². The van der Waals surface area contributed by atoms with Crippen molar-refractivity contribution in [2.45, 2.75) is 19.2 Å². The lowest BCUT2D eigenvalue weighted by atomic mass is 10.1. The minimum absolute atomic E-state index is 0.0378. The van der Waals surface area contributed by atoms with Crippen molar-refractivity contribution in [2.75, 3.05) is 6.54 Å². The summed E-state index contributed by atoms with van der Waals surface area (Å²) in [5.41, 5.74) is 0.0574. The molecule has 2 aromatic carbocycles. The van der Waals surface area contributed by atoms with Crippen LogP contribution >= 0.6 is 0 Å². The van der Waals surface area contributed by atoms with Crippen LogP contribution in [0, 0.1) is 0 Å². The van der Waals surface area contributed by atoms with E-state index >= 15 is 0 Å². The van der Waals surface area contributed by atoms with Gasteiger partial charge < -0.3 is 9.26 Å². The van der Waals surface area contributed by atoms with Gasteiger partial charge in [-0.3, -0.25) is 19.3 Å². The molecule has 11 heteroatoms. The fourth-order valence-electron chi connectivity index (χ4n) is 3.10. The average Bonchev–Trinajstić information content (AvgIpc) is 3.34. The number of fused-ring (bicyclic) bond motifs is 1. The summed E-state index contributed by atoms with van der Waals surface area (Å²) in [5, 5.41) is 3.65. The second-order valence-electron chi connectivity index (χ2n) is 6.81. The first-order chi connectivity index (χ1) is 15.2. The van der Waals surface area contributed by atoms with Crippen LogP contribution in [-0.2, 0) is 22.3 Å². The van der Waals surface area contributed by atoms with E-state index in [0.717, 1.165) is 17.0 Å². The van der Waals surface area contributed by atoms with E-state index in [9.17, 15) is 27.6 Å². The van der Waals surface area contributed by atoms with E-state index in [1.807, 2.05) is 0 Å². The Morgan fingerprint density at radius 1 is 1.00 bits per heavy atom. The van der Waals surface area contributed by atoms with Crippen LogP contribution in [0.15, 0.2) is 53.1 Å². The molecule has 8 nitrogen and oxygen atoms in total. The monoisotopic (exact) mass is 445 g/mol. The summed E-state index contributed by atoms with van der Waals surface area (Å²) in [4.78, 5) is 41.5. The number of aromatic nitrogens is 2. The second-order valence-corrected chi connectivity index (χ2v) is 6.81. The van der Waals surface area contributed by atoms with Crippen molar-refractivity contribution in [1.29, 1.82) is 0 Å². The van der Waals surface area contributed by atoms with Gasteiger partial charge in [-0.05, 0) is 24.3 Å². The maximum Gasteiger partial charge on any atom is 0.416 e. The molecular formula is C21H14F3N3O5. The molecule has 1 aliphatic rings. The summed E-state index contributed by atoms with van der Waals surface area (Å²) in [6.45, 7) is -0.513. The third-order valence-electron chi connectivity index (χ3n) is 4.71. The number of rotatable bonds is 6. The topological polar surface area (TPSA) is 103 Å². The summed E-state index contributed by atoms with van der Waals surface area (Å²) >= 11 is 0. The number of nitrogens with zero attached hydrogens (tertiary/aromatic N) is 3. The molecule has 0 aliphatic carbocycles. The van der Waals surface area contributed by atoms with Gasteiger partial charge in [0.05, 0.1) is 23.1 Å². The standard InChI is InChI=1S/C21H14F3N3O5/c22-21(23,24)13-7-5-12(6-8-13)18-25-16(32-26-18)11-31-17(28)9-10-27-19(29)14-3-1-2-4-15(14)20(27)30/h1-8H,9-11H2. The van der Waals surface area contributed by atoms with Crippen LogP contribution in [0.5, 0.6) is 0 Å². The van der Waals surface area contributed by atoms with Crippen LogP contribution in [0.3, 0.4) is 0 Å². The number of ether oxygens (including phenoxy) is 1. The van der Waals surface area contributed by atoms with Crippen LogP contribution < -0.4 is 0 Å². The van der Waals surface area contributed by atoms with Gasteiger partial charge in [-0.15, -0.1) is 0 Å². The summed E-state index contributed by atoms with van der Waals surface area (Å²) in [6, 6.07) is 10.6. The van der Waals surface area contributed by atoms with E-state index in [0.29, 0.717) is 5.56 Å². The summed E-state index contributed by atoms with van der Waals surface area (Å²) in [6.07, 6.45) is -4.69. The number of carbonyl (C=O) groups excluding carboxylic acids is 3. The highest BCUT2D eigenvalue weighted by atomic mass is 19.4. The third kappa shape index (κ3) is 4.22. The van der Waals surface area contributed by atoms with Crippen molar-refractivity contribution in [3.8, 4) is 11.4 Å². The third-order valence-corrected chi connectivity index (χ3v) is 4.71. The smallest absolute Gasteiger partial charge is 0.416 e. The molecule has 0 spiro atoms. The first kappa shape index (κ1) is 21.2. The van der Waals surface area contributed by atoms with Crippen LogP contribution in [-0.4, -0.2) is 39.4 Å². The van der Waals surface area contributed by atoms with Crippen molar-refractivity contribution >= 4 is 17.8 Å². The molecule has 0 atom stereocenters. The lowest BCUT2D eigenvalue weighted by molar-refractivity contribution is -0.145. The molecule has 0 fully saturated rings. The van der Waals surface area contributed by atoms with Gasteiger partial charge in [-0.2, -0.15) is 18.2 Å². The quantitative estimate of drug-likeness (QED) is 0.423. The number of esters is 1. The number of halogens is 3. The molecule has 0 saturated heterocycles. The Labute approximate surface area is 178 Å². The highest BCUT2D eigenvalue weighted by Gasteiger charge is 2.35. The molecule has 0 saturated carbocycles. The molecule has 2 amide bonds. The Hall–Kier alpha value is -4.02. The number of hydrogen-bond donors (Lipinski definition) is 0. The van der Waals surface area contributed by atoms with E-state index in [4.69, 9.17) is 9.26 Å². The largest absolute Gasteiger partial charge is 0.456 e. The molecule has 1 aliphatic heterocycles. The van der Waals surface area contributed by atoms with E-state index in [1.54, 1.807) is 12.1 Å². The van der Waals surface area contributed by atoms with Gasteiger partial charge in [0, 0.05) is 12.1 Å². The SMILES string of the molecule is O=C(CCN1C(=O)c2ccccc2C1=O)OCc1nc(-c2ccc(C(F)(F)F)cc2)no1. The van der Waals surface area contributed by atoms with Crippen molar-refractivity contribution in [1.82, 2.24) is 15.0 Å². The van der Waals surface area contributed by atoms with E-state index in [-0.39, 0.29) is 42.4 Å². The molecule has 4 rings (SSSR count). The number of alkyl halides is 3. The zero-order chi connectivity index (χ0) is 22.9. The Morgan fingerprint density at radius 3 is 2.22 bits per heavy atom. The zero-order valence-corrected chi connectivity index (χ0v) is 16.3. The molecule has 0 N–H and O–H groups in total. The van der Waals surface area contributed by atoms with Gasteiger partial charge in [0.1, 0.15) is 0 Å². The maximum absolute atomic E-state index is 12.6. The number of benzene rings is 2. The Morgan fingerprint density at radius 2 is 1.62 bits per heavy atom. The highest BCUT2D eigenvalue weighted by Crippen LogP contribution is 2.30. The number of amides is 2. The van der Waals surface area contributed by atoms with Gasteiger partial charge in [0.2, 0.25) is 5.82 Å². The van der Waals surface area contributed by atoms with Crippen LogP contribution in [0.4, 0.5) is 13.2 Å². The normalized spacial score (nSPS) is 13.4. The minimum Gasteiger partial charge on any atom is -0.456 e. The Balaban J connectivity index is 1.30. The lowest BCUT2D eigenvalue weighted by Crippen LogP contribution is -2.32. The predicted molar refractivity (Wildman–Crippen MR) is 101 cm³/mol. The van der Waals surface area contributed by atoms with Crippen molar-refractivity contribution in [2.24, 2.45) is 0 Å². The summed E-state index contributed by atoms with van der Waals surface area (Å²) < 4.78 is 47.9. The zero-order valence-electron chi connectivity index (χ0n) is 16.3. The van der Waals surface area contributed by atoms with E-state index in [1.165, 1.54) is 24.3 Å². The molecule has 1 aromatic heterocycles. The maximum atomic E-state index is 12.6. The first-order valence-corrected chi connectivity index (χ1v) is 9.35. The minimum atomic E-state index is -4.46. The van der Waals surface area contributed by atoms with Crippen molar-refractivity contribution in [3.63, 3.8) is 0 Å². The second kappa shape index (κ2) is 8.25. The van der Waals surface area contributed by atoms with Gasteiger partial charge >= 0.3 is 12.1 Å². The molecule has 32 heavy (non-hydrogen) atoms. The van der Waals surface area contributed by atoms with Crippen molar-refractivity contribution < 1.29 is 36.8 Å². The van der Waals surface area contributed by atoms with Gasteiger partial charge in [0.25, 0.3) is 17.7 Å². The number of imide groups is 1. The fraction of sp³-hybridized carbons (Fsp3) is 0.190. The Kier molecular flexibility index (Phi) is 5.47. The predicted octanol–water partition coefficient (Wildman–Crippen LogP) is 3.48. The number of hydrogen-bond acceptors (Lipinski definition) is 7. The molecule has 0 bridgehead atoms. The van der Waals surface area contributed by atoms with Gasteiger partial charge in [0.15, 0.2) is 6.61 Å². The average molecular weight is 445 g/mol. The highest BCUT2D eigenvalue weighted by molar-refractivity contribution is 6.21. The molecule has 0 radical (unpaired) electrons. The summed E-state index contributed by atoms with van der Waals surface area (Å²) in [5.74, 6) is -1.67. The first-order valence-electron chi connectivity index (χ1n) is 9.35. The summed E-state index contributed by atoms with van der Waals surface area (Å²) in [7, 11) is 0. The van der Waals surface area contributed by atoms with E-state index < -0.39 is 29.5 Å². The van der Waals surface area contributed by atoms with Crippen LogP contribution in [0.1, 0.15) is 38.6 Å². The number of carbonyl (C=O) groups is 3. The fourth-order valence-corrected chi connectivity index (χ4v) is 3.10. The van der Waals surface area contributed by atoms with Crippen molar-refractivity contribution in [3.05, 3.63) is 71.1 Å². The molecule has 3 aromatic rings. The molecule has 2 heterocycles. The Bertz CT molecular complexity index is 1150. The lowest BCUT2D eigenvalue weighted by Gasteiger charge is -2.12. The van der Waals surface area contributed by atoms with Crippen LogP contribution in [0.2, 0.25) is 0 Å². The molecule has 0 unspecified atom stereocenters. The van der Waals surface area contributed by atoms with E-state index in [2.05, 4.69) is 10.1 Å². The molecule has 164 valence electrons.